The summed E-state index contributed by atoms with van der Waals surface area (Å²) < 4.78 is 41.9. The minimum absolute atomic E-state index is 0.0241. The molecule has 5 N–H and O–H groups in total. The molecule has 0 spiro atoms. The number of aromatic amines is 1. The van der Waals surface area contributed by atoms with Gasteiger partial charge in [-0.3, -0.25) is 4.79 Å². The van der Waals surface area contributed by atoms with Crippen LogP contribution in [0, 0.1) is 0 Å². The molecule has 0 bridgehead atoms. The number of nitrogens with two attached hydrogens (primary N) is 1. The first kappa shape index (κ1) is 26.1. The van der Waals surface area contributed by atoms with Crippen molar-refractivity contribution < 1.29 is 28.2 Å². The molecular formula is C28H26F3N3O3. The van der Waals surface area contributed by atoms with Crippen molar-refractivity contribution in [1.29, 1.82) is 0 Å². The highest BCUT2D eigenvalue weighted by atomic mass is 19.4. The van der Waals surface area contributed by atoms with Crippen molar-refractivity contribution in [2.24, 2.45) is 5.73 Å². The fourth-order valence-electron chi connectivity index (χ4n) is 4.20. The van der Waals surface area contributed by atoms with Crippen LogP contribution in [0.4, 0.5) is 13.2 Å². The van der Waals surface area contributed by atoms with Gasteiger partial charge in [0.25, 0.3) is 0 Å². The number of hydrogen-bond donors (Lipinski definition) is 4. The normalized spacial score (nSPS) is 13.3. The lowest BCUT2D eigenvalue weighted by atomic mass is 9.95. The van der Waals surface area contributed by atoms with E-state index < -0.39 is 36.3 Å². The zero-order chi connectivity index (χ0) is 26.6. The molecule has 0 amide bonds. The summed E-state index contributed by atoms with van der Waals surface area (Å²) in [6.45, 7) is -0.703. The van der Waals surface area contributed by atoms with E-state index in [0.717, 1.165) is 22.8 Å². The fraction of sp³-hybridized carbons (Fsp3) is 0.214. The Labute approximate surface area is 211 Å². The van der Waals surface area contributed by atoms with Crippen LogP contribution in [0.15, 0.2) is 79.0 Å². The lowest BCUT2D eigenvalue weighted by Gasteiger charge is -2.22. The third kappa shape index (κ3) is 6.07. The van der Waals surface area contributed by atoms with Crippen LogP contribution in [0.5, 0.6) is 0 Å². The summed E-state index contributed by atoms with van der Waals surface area (Å²) in [5.41, 5.74) is 7.17. The quantitative estimate of drug-likeness (QED) is 0.249. The summed E-state index contributed by atoms with van der Waals surface area (Å²) in [5, 5.41) is 18.6. The SMILES string of the molecule is N[C@@](CO)(CC(=O)O)c1ncc(-c2ccc(CCc3ccc(-c4ccccc4)cc3)c(C(F)(F)F)c2)[nH]1. The number of hydrogen-bond acceptors (Lipinski definition) is 4. The molecule has 4 aromatic rings. The van der Waals surface area contributed by atoms with E-state index in [-0.39, 0.29) is 29.1 Å². The van der Waals surface area contributed by atoms with Gasteiger partial charge in [0.05, 0.1) is 30.5 Å². The zero-order valence-corrected chi connectivity index (χ0v) is 19.8. The van der Waals surface area contributed by atoms with E-state index in [2.05, 4.69) is 9.97 Å². The van der Waals surface area contributed by atoms with Crippen LogP contribution in [0.1, 0.15) is 28.9 Å². The molecule has 0 aliphatic rings. The van der Waals surface area contributed by atoms with Gasteiger partial charge in [-0.25, -0.2) is 4.98 Å². The number of rotatable bonds is 9. The van der Waals surface area contributed by atoms with Crippen LogP contribution < -0.4 is 5.73 Å². The molecule has 1 aromatic heterocycles. The summed E-state index contributed by atoms with van der Waals surface area (Å²) in [6.07, 6.45) is -3.26. The van der Waals surface area contributed by atoms with E-state index in [1.54, 1.807) is 6.07 Å². The number of aryl methyl sites for hydroxylation is 2. The Morgan fingerprint density at radius 3 is 2.19 bits per heavy atom. The van der Waals surface area contributed by atoms with Gasteiger partial charge in [0.1, 0.15) is 11.4 Å². The number of aliphatic hydroxyl groups excluding tert-OH is 1. The molecule has 1 atom stereocenters. The Kier molecular flexibility index (Phi) is 7.47. The first-order valence-electron chi connectivity index (χ1n) is 11.6. The van der Waals surface area contributed by atoms with Crippen LogP contribution in [0.25, 0.3) is 22.4 Å². The van der Waals surface area contributed by atoms with Gasteiger partial charge < -0.3 is 20.9 Å². The monoisotopic (exact) mass is 509 g/mol. The maximum absolute atomic E-state index is 14.0. The maximum atomic E-state index is 14.0. The van der Waals surface area contributed by atoms with Crippen molar-refractivity contribution in [3.63, 3.8) is 0 Å². The highest BCUT2D eigenvalue weighted by molar-refractivity contribution is 5.69. The first-order valence-corrected chi connectivity index (χ1v) is 11.6. The number of alkyl halides is 3. The highest BCUT2D eigenvalue weighted by Crippen LogP contribution is 2.36. The third-order valence-electron chi connectivity index (χ3n) is 6.27. The van der Waals surface area contributed by atoms with Gasteiger partial charge >= 0.3 is 12.1 Å². The number of imidazole rings is 1. The number of carboxylic acids is 1. The van der Waals surface area contributed by atoms with Crippen molar-refractivity contribution in [3.8, 4) is 22.4 Å². The highest BCUT2D eigenvalue weighted by Gasteiger charge is 2.35. The van der Waals surface area contributed by atoms with E-state index in [1.807, 2.05) is 54.6 Å². The predicted molar refractivity (Wildman–Crippen MR) is 134 cm³/mol. The predicted octanol–water partition coefficient (Wildman–Crippen LogP) is 5.17. The smallest absolute Gasteiger partial charge is 0.416 e. The van der Waals surface area contributed by atoms with Crippen molar-refractivity contribution in [2.45, 2.75) is 31.0 Å². The number of carboxylic acid groups (broad SMARTS) is 1. The summed E-state index contributed by atoms with van der Waals surface area (Å²) in [6, 6.07) is 21.6. The number of H-pyrrole nitrogens is 1. The number of halogens is 3. The molecule has 0 unspecified atom stereocenters. The Bertz CT molecular complexity index is 1370. The third-order valence-corrected chi connectivity index (χ3v) is 6.27. The number of nitrogens with one attached hydrogen (secondary N) is 1. The summed E-state index contributed by atoms with van der Waals surface area (Å²) in [5.74, 6) is -1.27. The second-order valence-electron chi connectivity index (χ2n) is 8.96. The lowest BCUT2D eigenvalue weighted by Crippen LogP contribution is -2.43. The van der Waals surface area contributed by atoms with Gasteiger partial charge in [0.2, 0.25) is 0 Å². The molecule has 0 aliphatic carbocycles. The minimum atomic E-state index is -4.57. The molecule has 0 saturated carbocycles. The molecule has 3 aromatic carbocycles. The second-order valence-corrected chi connectivity index (χ2v) is 8.96. The standard InChI is InChI=1S/C28H26F3N3O3/c29-28(30,31)23-14-22(24-16-33-26(34-24)27(32,17-35)15-25(36)37)13-12-21(23)11-8-18-6-9-20(10-7-18)19-4-2-1-3-5-19/h1-7,9-10,12-14,16,35H,8,11,15,17,32H2,(H,33,34)(H,36,37)/t27-/m1/s1. The summed E-state index contributed by atoms with van der Waals surface area (Å²) >= 11 is 0. The number of carbonyl (C=O) groups is 1. The van der Waals surface area contributed by atoms with Gasteiger partial charge in [-0.1, -0.05) is 66.7 Å². The number of aromatic nitrogens is 2. The van der Waals surface area contributed by atoms with E-state index in [4.69, 9.17) is 10.8 Å². The van der Waals surface area contributed by atoms with Gasteiger partial charge in [-0.2, -0.15) is 13.2 Å². The van der Waals surface area contributed by atoms with Crippen molar-refractivity contribution in [3.05, 3.63) is 102 Å². The molecule has 192 valence electrons. The van der Waals surface area contributed by atoms with Crippen LogP contribution in [-0.2, 0) is 29.4 Å². The number of aliphatic carboxylic acids is 1. The molecule has 0 aliphatic heterocycles. The minimum Gasteiger partial charge on any atom is -0.481 e. The van der Waals surface area contributed by atoms with E-state index >= 15 is 0 Å². The van der Waals surface area contributed by atoms with Crippen LogP contribution in [-0.4, -0.2) is 32.8 Å². The Morgan fingerprint density at radius 1 is 0.919 bits per heavy atom. The molecule has 0 fully saturated rings. The largest absolute Gasteiger partial charge is 0.481 e. The van der Waals surface area contributed by atoms with Gasteiger partial charge in [-0.15, -0.1) is 0 Å². The number of nitrogens with zero attached hydrogens (tertiary/aromatic N) is 1. The molecule has 9 heteroatoms. The topological polar surface area (TPSA) is 112 Å². The van der Waals surface area contributed by atoms with Crippen molar-refractivity contribution >= 4 is 5.97 Å². The van der Waals surface area contributed by atoms with Crippen molar-refractivity contribution in [2.75, 3.05) is 6.61 Å². The Hall–Kier alpha value is -3.95. The molecule has 0 saturated heterocycles. The molecule has 0 radical (unpaired) electrons. The van der Waals surface area contributed by atoms with Gasteiger partial charge in [0.15, 0.2) is 0 Å². The number of aliphatic hydroxyl groups is 1. The second kappa shape index (κ2) is 10.6. The van der Waals surface area contributed by atoms with Crippen LogP contribution in [0.3, 0.4) is 0 Å². The van der Waals surface area contributed by atoms with Crippen LogP contribution in [0.2, 0.25) is 0 Å². The lowest BCUT2D eigenvalue weighted by molar-refractivity contribution is -0.139. The Morgan fingerprint density at radius 2 is 1.57 bits per heavy atom. The van der Waals surface area contributed by atoms with E-state index in [1.165, 1.54) is 12.3 Å². The fourth-order valence-corrected chi connectivity index (χ4v) is 4.20. The number of benzene rings is 3. The van der Waals surface area contributed by atoms with E-state index in [9.17, 15) is 23.1 Å². The maximum Gasteiger partial charge on any atom is 0.416 e. The molecule has 4 rings (SSSR count). The first-order chi connectivity index (χ1) is 17.6. The van der Waals surface area contributed by atoms with Gasteiger partial charge in [0, 0.05) is 5.56 Å². The average molecular weight is 510 g/mol. The van der Waals surface area contributed by atoms with Crippen LogP contribution >= 0.6 is 0 Å². The molecule has 1 heterocycles. The average Bonchev–Trinajstić information content (AvgIpc) is 3.38. The molecule has 6 nitrogen and oxygen atoms in total. The Balaban J connectivity index is 1.55. The van der Waals surface area contributed by atoms with Gasteiger partial charge in [-0.05, 0) is 41.2 Å². The van der Waals surface area contributed by atoms with E-state index in [0.29, 0.717) is 6.42 Å². The summed E-state index contributed by atoms with van der Waals surface area (Å²) in [4.78, 5) is 17.9. The zero-order valence-electron chi connectivity index (χ0n) is 19.8. The van der Waals surface area contributed by atoms with Crippen molar-refractivity contribution in [1.82, 2.24) is 9.97 Å². The summed E-state index contributed by atoms with van der Waals surface area (Å²) in [7, 11) is 0. The molecule has 37 heavy (non-hydrogen) atoms. The molecular weight excluding hydrogens is 483 g/mol.